The summed E-state index contributed by atoms with van der Waals surface area (Å²) in [4.78, 5) is 11.7. The molecule has 1 aromatic heterocycles. The summed E-state index contributed by atoms with van der Waals surface area (Å²) >= 11 is 3.03. The third-order valence-electron chi connectivity index (χ3n) is 2.01. The van der Waals surface area contributed by atoms with Gasteiger partial charge in [-0.15, -0.1) is 6.58 Å². The normalized spacial score (nSPS) is 11.3. The summed E-state index contributed by atoms with van der Waals surface area (Å²) in [6.07, 6.45) is -2.41. The Hall–Kier alpha value is -1.31. The number of allylic oxidation sites excluding steroid dienone is 1. The monoisotopic (exact) mass is 325 g/mol. The smallest absolute Gasteiger partial charge is 0.382 e. The molecule has 0 amide bonds. The van der Waals surface area contributed by atoms with E-state index in [-0.39, 0.29) is 23.2 Å². The van der Waals surface area contributed by atoms with Crippen molar-refractivity contribution >= 4 is 21.6 Å². The van der Waals surface area contributed by atoms with Gasteiger partial charge in [0.1, 0.15) is 4.47 Å². The van der Waals surface area contributed by atoms with Gasteiger partial charge in [-0.05, 0) is 15.9 Å². The van der Waals surface area contributed by atoms with Gasteiger partial charge < -0.3 is 5.32 Å². The zero-order valence-corrected chi connectivity index (χ0v) is 10.9. The van der Waals surface area contributed by atoms with Gasteiger partial charge in [0.25, 0.3) is 5.56 Å². The largest absolute Gasteiger partial charge is 0.390 e. The summed E-state index contributed by atoms with van der Waals surface area (Å²) in [5, 5.41) is 6.31. The average Bonchev–Trinajstić information content (AvgIpc) is 2.27. The number of hydrogen-bond acceptors (Lipinski definition) is 3. The van der Waals surface area contributed by atoms with Gasteiger partial charge in [0.15, 0.2) is 0 Å². The van der Waals surface area contributed by atoms with E-state index in [1.807, 2.05) is 0 Å². The molecule has 0 unspecified atom stereocenters. The van der Waals surface area contributed by atoms with Crippen molar-refractivity contribution in [3.63, 3.8) is 0 Å². The Morgan fingerprint density at radius 2 is 2.22 bits per heavy atom. The molecule has 0 saturated heterocycles. The van der Waals surface area contributed by atoms with Crippen LogP contribution in [0.15, 0.2) is 28.1 Å². The van der Waals surface area contributed by atoms with Crippen LogP contribution in [-0.2, 0) is 6.54 Å². The summed E-state index contributed by atoms with van der Waals surface area (Å²) in [6, 6.07) is 0. The van der Waals surface area contributed by atoms with E-state index in [1.54, 1.807) is 0 Å². The molecule has 0 spiro atoms. The first-order chi connectivity index (χ1) is 8.35. The second kappa shape index (κ2) is 6.03. The van der Waals surface area contributed by atoms with Gasteiger partial charge >= 0.3 is 6.18 Å². The van der Waals surface area contributed by atoms with E-state index in [1.165, 1.54) is 12.3 Å². The van der Waals surface area contributed by atoms with Crippen LogP contribution >= 0.6 is 15.9 Å². The molecule has 18 heavy (non-hydrogen) atoms. The first-order valence-corrected chi connectivity index (χ1v) is 5.81. The van der Waals surface area contributed by atoms with Gasteiger partial charge in [0.2, 0.25) is 0 Å². The Bertz CT molecular complexity index is 484. The maximum Gasteiger partial charge on any atom is 0.390 e. The van der Waals surface area contributed by atoms with Crippen LogP contribution in [0.4, 0.5) is 18.9 Å². The molecule has 1 N–H and O–H groups in total. The minimum Gasteiger partial charge on any atom is -0.382 e. The lowest BCUT2D eigenvalue weighted by Crippen LogP contribution is -2.24. The topological polar surface area (TPSA) is 46.9 Å². The van der Waals surface area contributed by atoms with Crippen molar-refractivity contribution < 1.29 is 13.2 Å². The molecule has 0 radical (unpaired) electrons. The first-order valence-electron chi connectivity index (χ1n) is 5.02. The molecule has 0 saturated carbocycles. The Balaban J connectivity index is 2.77. The quantitative estimate of drug-likeness (QED) is 0.846. The molecular formula is C10H11BrF3N3O. The molecule has 8 heteroatoms. The van der Waals surface area contributed by atoms with Crippen LogP contribution in [0.1, 0.15) is 6.42 Å². The van der Waals surface area contributed by atoms with E-state index in [4.69, 9.17) is 0 Å². The fourth-order valence-corrected chi connectivity index (χ4v) is 1.63. The number of aromatic nitrogens is 2. The number of alkyl halides is 3. The first kappa shape index (κ1) is 14.7. The van der Waals surface area contributed by atoms with Gasteiger partial charge in [-0.25, -0.2) is 4.68 Å². The number of halogens is 4. The van der Waals surface area contributed by atoms with Gasteiger partial charge in [0, 0.05) is 6.54 Å². The standard InChI is InChI=1S/C10H11BrF3N3O/c1-2-5-17-9(18)8(11)7(6-16-17)15-4-3-10(12,13)14/h2,6,15H,1,3-5H2. The van der Waals surface area contributed by atoms with E-state index in [0.29, 0.717) is 0 Å². The third kappa shape index (κ3) is 4.17. The SMILES string of the molecule is C=CCn1ncc(NCCC(F)(F)F)c(Br)c1=O. The van der Waals surface area contributed by atoms with Crippen molar-refractivity contribution in [2.45, 2.75) is 19.1 Å². The number of nitrogens with zero attached hydrogens (tertiary/aromatic N) is 2. The lowest BCUT2D eigenvalue weighted by atomic mass is 10.4. The average molecular weight is 326 g/mol. The Labute approximate surface area is 110 Å². The lowest BCUT2D eigenvalue weighted by molar-refractivity contribution is -0.131. The number of anilines is 1. The number of rotatable bonds is 5. The van der Waals surface area contributed by atoms with Crippen molar-refractivity contribution in [2.24, 2.45) is 0 Å². The van der Waals surface area contributed by atoms with Crippen LogP contribution in [0.25, 0.3) is 0 Å². The molecule has 0 fully saturated rings. The zero-order chi connectivity index (χ0) is 13.8. The molecule has 0 aliphatic heterocycles. The molecule has 1 heterocycles. The van der Waals surface area contributed by atoms with Gasteiger partial charge in [-0.3, -0.25) is 4.79 Å². The predicted octanol–water partition coefficient (Wildman–Crippen LogP) is 2.56. The molecule has 0 aliphatic carbocycles. The second-order valence-corrected chi connectivity index (χ2v) is 4.23. The molecule has 0 aliphatic rings. The maximum absolute atomic E-state index is 12.0. The molecular weight excluding hydrogens is 315 g/mol. The maximum atomic E-state index is 12.0. The zero-order valence-electron chi connectivity index (χ0n) is 9.30. The molecule has 1 rings (SSSR count). The Morgan fingerprint density at radius 1 is 1.56 bits per heavy atom. The van der Waals surface area contributed by atoms with Crippen LogP contribution in [0.2, 0.25) is 0 Å². The van der Waals surface area contributed by atoms with E-state index in [0.717, 1.165) is 4.68 Å². The van der Waals surface area contributed by atoms with Crippen LogP contribution in [-0.4, -0.2) is 22.5 Å². The molecule has 0 atom stereocenters. The van der Waals surface area contributed by atoms with Crippen molar-refractivity contribution in [2.75, 3.05) is 11.9 Å². The van der Waals surface area contributed by atoms with E-state index >= 15 is 0 Å². The minimum absolute atomic E-state index is 0.154. The molecule has 0 aromatic carbocycles. The van der Waals surface area contributed by atoms with E-state index < -0.39 is 18.2 Å². The highest BCUT2D eigenvalue weighted by molar-refractivity contribution is 9.10. The summed E-state index contributed by atoms with van der Waals surface area (Å²) < 4.78 is 37.2. The second-order valence-electron chi connectivity index (χ2n) is 3.44. The highest BCUT2D eigenvalue weighted by Gasteiger charge is 2.26. The number of hydrogen-bond donors (Lipinski definition) is 1. The summed E-state index contributed by atoms with van der Waals surface area (Å²) in [5.74, 6) is 0. The predicted molar refractivity (Wildman–Crippen MR) is 65.6 cm³/mol. The van der Waals surface area contributed by atoms with Crippen LogP contribution in [0, 0.1) is 0 Å². The fourth-order valence-electron chi connectivity index (χ4n) is 1.18. The molecule has 1 aromatic rings. The van der Waals surface area contributed by atoms with E-state index in [9.17, 15) is 18.0 Å². The van der Waals surface area contributed by atoms with E-state index in [2.05, 4.69) is 32.9 Å². The molecule has 4 nitrogen and oxygen atoms in total. The van der Waals surface area contributed by atoms with Gasteiger partial charge in [-0.1, -0.05) is 6.08 Å². The van der Waals surface area contributed by atoms with Gasteiger partial charge in [0.05, 0.1) is 24.8 Å². The summed E-state index contributed by atoms with van der Waals surface area (Å²) in [5.41, 5.74) is -0.184. The number of nitrogens with one attached hydrogen (secondary N) is 1. The van der Waals surface area contributed by atoms with Gasteiger partial charge in [-0.2, -0.15) is 18.3 Å². The van der Waals surface area contributed by atoms with Crippen molar-refractivity contribution in [3.8, 4) is 0 Å². The van der Waals surface area contributed by atoms with Crippen molar-refractivity contribution in [3.05, 3.63) is 33.7 Å². The highest BCUT2D eigenvalue weighted by atomic mass is 79.9. The highest BCUT2D eigenvalue weighted by Crippen LogP contribution is 2.21. The summed E-state index contributed by atoms with van der Waals surface area (Å²) in [6.45, 7) is 3.40. The molecule has 100 valence electrons. The van der Waals surface area contributed by atoms with Crippen LogP contribution in [0.3, 0.4) is 0 Å². The van der Waals surface area contributed by atoms with Crippen molar-refractivity contribution in [1.82, 2.24) is 9.78 Å². The lowest BCUT2D eigenvalue weighted by Gasteiger charge is -2.10. The Morgan fingerprint density at radius 3 is 2.78 bits per heavy atom. The summed E-state index contributed by atoms with van der Waals surface area (Å²) in [7, 11) is 0. The fraction of sp³-hybridized carbons (Fsp3) is 0.400. The third-order valence-corrected chi connectivity index (χ3v) is 2.78. The van der Waals surface area contributed by atoms with Crippen molar-refractivity contribution in [1.29, 1.82) is 0 Å². The minimum atomic E-state index is -4.23. The van der Waals surface area contributed by atoms with Crippen LogP contribution in [0.5, 0.6) is 0 Å². The van der Waals surface area contributed by atoms with Crippen LogP contribution < -0.4 is 10.9 Å². The molecule has 0 bridgehead atoms. The Kier molecular flexibility index (Phi) is 4.94.